The molecule has 0 heterocycles. The van der Waals surface area contributed by atoms with Crippen LogP contribution in [0.5, 0.6) is 17.2 Å². The monoisotopic (exact) mass is 721 g/mol. The van der Waals surface area contributed by atoms with Gasteiger partial charge in [0.15, 0.2) is 52.4 Å². The maximum Gasteiger partial charge on any atom is 0.864 e. The van der Waals surface area contributed by atoms with Crippen molar-refractivity contribution in [1.82, 2.24) is 0 Å². The molecule has 0 N–H and O–H groups in total. The van der Waals surface area contributed by atoms with Gasteiger partial charge in [0.2, 0.25) is 0 Å². The predicted octanol–water partition coefficient (Wildman–Crippen LogP) is 11.0. The van der Waals surface area contributed by atoms with Crippen LogP contribution >= 0.6 is 0 Å². The van der Waals surface area contributed by atoms with Gasteiger partial charge in [-0.1, -0.05) is 71.1 Å². The first kappa shape index (κ1) is 40.7. The molecule has 276 valence electrons. The Balaban J connectivity index is 1.90. The van der Waals surface area contributed by atoms with Crippen LogP contribution < -0.4 is 18.9 Å². The van der Waals surface area contributed by atoms with Crippen molar-refractivity contribution in [3.63, 3.8) is 0 Å². The van der Waals surface area contributed by atoms with Gasteiger partial charge in [0.25, 0.3) is 0 Å². The van der Waals surface area contributed by atoms with Crippen LogP contribution in [0.15, 0.2) is 30.3 Å². The van der Waals surface area contributed by atoms with Crippen LogP contribution in [-0.4, -0.2) is 26.7 Å². The van der Waals surface area contributed by atoms with Crippen LogP contribution in [-0.2, 0) is 4.74 Å². The van der Waals surface area contributed by atoms with Crippen molar-refractivity contribution in [2.45, 2.75) is 97.6 Å². The zero-order valence-corrected chi connectivity index (χ0v) is 28.2. The lowest BCUT2D eigenvalue weighted by Gasteiger charge is -2.33. The minimum Gasteiger partial charge on any atom is -0.489 e. The highest BCUT2D eigenvalue weighted by Gasteiger charge is 2.36. The van der Waals surface area contributed by atoms with Crippen molar-refractivity contribution in [2.75, 3.05) is 18.1 Å². The molecule has 1 atom stereocenters. The second-order valence-corrected chi connectivity index (χ2v) is 11.7. The SMILES string of the molecule is CCCCCCCCCCCCCN(c1c(OB(Oc2cc(F)c(F)c(F)c2)Oc2cc(F)c(F)c(F)c2)cc(F)c(F)c1F)C(C)OCC. The zero-order chi connectivity index (χ0) is 36.8. The van der Waals surface area contributed by atoms with E-state index in [9.17, 15) is 35.1 Å². The molecular weight excluding hydrogens is 680 g/mol. The van der Waals surface area contributed by atoms with Crippen LogP contribution in [0.4, 0.5) is 45.2 Å². The molecule has 0 radical (unpaired) electrons. The lowest BCUT2D eigenvalue weighted by atomic mass is 10.1. The van der Waals surface area contributed by atoms with Gasteiger partial charge in [-0.3, -0.25) is 0 Å². The molecule has 0 aliphatic rings. The fourth-order valence-electron chi connectivity index (χ4n) is 5.27. The second-order valence-electron chi connectivity index (χ2n) is 11.7. The Morgan fingerprint density at radius 1 is 0.540 bits per heavy atom. The molecule has 3 rings (SSSR count). The molecule has 0 amide bonds. The van der Waals surface area contributed by atoms with Gasteiger partial charge < -0.3 is 23.6 Å². The van der Waals surface area contributed by atoms with Crippen LogP contribution in [0, 0.1) is 52.4 Å². The number of unbranched alkanes of at least 4 members (excludes halogenated alkanes) is 10. The number of hydrogen-bond acceptors (Lipinski definition) is 5. The summed E-state index contributed by atoms with van der Waals surface area (Å²) in [6.07, 6.45) is 10.3. The van der Waals surface area contributed by atoms with Gasteiger partial charge in [0, 0.05) is 43.5 Å². The molecule has 3 aromatic carbocycles. The highest BCUT2D eigenvalue weighted by molar-refractivity contribution is 6.39. The molecular formula is C35H41BF9NO4. The number of anilines is 1. The van der Waals surface area contributed by atoms with Crippen molar-refractivity contribution in [1.29, 1.82) is 0 Å². The van der Waals surface area contributed by atoms with E-state index in [1.54, 1.807) is 6.92 Å². The summed E-state index contributed by atoms with van der Waals surface area (Å²) in [7, 11) is -2.38. The lowest BCUT2D eigenvalue weighted by molar-refractivity contribution is 0.0722. The topological polar surface area (TPSA) is 40.2 Å². The first-order valence-electron chi connectivity index (χ1n) is 16.7. The molecule has 0 aliphatic carbocycles. The number of nitrogens with zero attached hydrogens (tertiary/aromatic N) is 1. The summed E-state index contributed by atoms with van der Waals surface area (Å²) < 4.78 is 150. The van der Waals surface area contributed by atoms with Crippen LogP contribution in [0.1, 0.15) is 91.4 Å². The molecule has 50 heavy (non-hydrogen) atoms. The summed E-state index contributed by atoms with van der Waals surface area (Å²) in [4.78, 5) is 1.27. The molecule has 0 fully saturated rings. The molecule has 0 saturated heterocycles. The van der Waals surface area contributed by atoms with E-state index in [4.69, 9.17) is 18.7 Å². The van der Waals surface area contributed by atoms with Crippen LogP contribution in [0.2, 0.25) is 0 Å². The quantitative estimate of drug-likeness (QED) is 0.0340. The Labute approximate surface area is 286 Å². The number of hydrogen-bond donors (Lipinski definition) is 0. The van der Waals surface area contributed by atoms with E-state index in [0.29, 0.717) is 43.2 Å². The minimum absolute atomic E-state index is 0.0751. The van der Waals surface area contributed by atoms with E-state index >= 15 is 4.39 Å². The molecule has 0 bridgehead atoms. The molecule has 1 unspecified atom stereocenters. The second kappa shape index (κ2) is 20.2. The lowest BCUT2D eigenvalue weighted by Crippen LogP contribution is -2.40. The number of rotatable bonds is 22. The zero-order valence-electron chi connectivity index (χ0n) is 28.2. The first-order valence-corrected chi connectivity index (χ1v) is 16.7. The van der Waals surface area contributed by atoms with Crippen molar-refractivity contribution in [2.24, 2.45) is 0 Å². The maximum absolute atomic E-state index is 15.6. The summed E-state index contributed by atoms with van der Waals surface area (Å²) in [5.41, 5.74) is -0.651. The Morgan fingerprint density at radius 3 is 1.40 bits per heavy atom. The maximum atomic E-state index is 15.6. The van der Waals surface area contributed by atoms with E-state index in [1.807, 2.05) is 0 Å². The van der Waals surface area contributed by atoms with E-state index in [0.717, 1.165) is 25.7 Å². The molecule has 5 nitrogen and oxygen atoms in total. The first-order chi connectivity index (χ1) is 23.9. The number of ether oxygens (including phenoxy) is 1. The van der Waals surface area contributed by atoms with Gasteiger partial charge >= 0.3 is 7.32 Å². The van der Waals surface area contributed by atoms with Crippen molar-refractivity contribution >= 4 is 13.0 Å². The van der Waals surface area contributed by atoms with E-state index in [-0.39, 0.29) is 13.2 Å². The van der Waals surface area contributed by atoms with E-state index in [1.165, 1.54) is 43.9 Å². The third kappa shape index (κ3) is 11.7. The Bertz CT molecular complexity index is 1430. The Kier molecular flexibility index (Phi) is 16.4. The third-order valence-corrected chi connectivity index (χ3v) is 7.84. The van der Waals surface area contributed by atoms with E-state index in [2.05, 4.69) is 6.92 Å². The van der Waals surface area contributed by atoms with Crippen molar-refractivity contribution < 1.29 is 58.2 Å². The average Bonchev–Trinajstić information content (AvgIpc) is 3.06. The summed E-state index contributed by atoms with van der Waals surface area (Å²) in [5, 5.41) is 0. The summed E-state index contributed by atoms with van der Waals surface area (Å²) in [5.74, 6) is -18.2. The van der Waals surface area contributed by atoms with Crippen LogP contribution in [0.3, 0.4) is 0 Å². The Hall–Kier alpha value is -3.75. The summed E-state index contributed by atoms with van der Waals surface area (Å²) >= 11 is 0. The van der Waals surface area contributed by atoms with E-state index < -0.39 is 88.8 Å². The van der Waals surface area contributed by atoms with Gasteiger partial charge in [0.1, 0.15) is 29.2 Å². The van der Waals surface area contributed by atoms with Crippen molar-refractivity contribution in [3.05, 3.63) is 82.7 Å². The molecule has 0 aromatic heterocycles. The predicted molar refractivity (Wildman–Crippen MR) is 171 cm³/mol. The van der Waals surface area contributed by atoms with Crippen LogP contribution in [0.25, 0.3) is 0 Å². The van der Waals surface area contributed by atoms with Gasteiger partial charge in [-0.2, -0.15) is 0 Å². The molecule has 0 aliphatic heterocycles. The van der Waals surface area contributed by atoms with Gasteiger partial charge in [-0.05, 0) is 20.3 Å². The smallest absolute Gasteiger partial charge is 0.489 e. The van der Waals surface area contributed by atoms with Gasteiger partial charge in [0.05, 0.1) is 0 Å². The standard InChI is InChI=1S/C35H41BF9NO4/c1-4-6-7-8-9-10-11-12-13-14-15-16-46(22(3)47-5-2)35-30(21-29(41)33(44)34(35)45)50-36(48-23-17-25(37)31(42)26(38)18-23)49-24-19-27(39)32(43)28(40)20-24/h17-22H,4-16H2,1-3H3. The molecule has 0 spiro atoms. The fraction of sp³-hybridized carbons (Fsp3) is 0.486. The average molecular weight is 722 g/mol. The van der Waals surface area contributed by atoms with Gasteiger partial charge in [-0.15, -0.1) is 0 Å². The summed E-state index contributed by atoms with van der Waals surface area (Å²) in [6, 6.07) is 1.91. The molecule has 3 aromatic rings. The Morgan fingerprint density at radius 2 is 0.960 bits per heavy atom. The molecule has 15 heteroatoms. The highest BCUT2D eigenvalue weighted by Crippen LogP contribution is 2.37. The van der Waals surface area contributed by atoms with Crippen molar-refractivity contribution in [3.8, 4) is 17.2 Å². The third-order valence-electron chi connectivity index (χ3n) is 7.84. The number of halogens is 9. The normalized spacial score (nSPS) is 11.8. The highest BCUT2D eigenvalue weighted by atomic mass is 19.2. The number of benzene rings is 3. The fourth-order valence-corrected chi connectivity index (χ4v) is 5.27. The summed E-state index contributed by atoms with van der Waals surface area (Å²) in [6.45, 7) is 5.58. The largest absolute Gasteiger partial charge is 0.864 e. The van der Waals surface area contributed by atoms with Gasteiger partial charge in [-0.25, -0.2) is 39.5 Å². The minimum atomic E-state index is -2.38. The molecule has 0 saturated carbocycles.